The maximum atomic E-state index is 11.4. The molecule has 0 fully saturated rings. The molecule has 0 aliphatic carbocycles. The molecule has 0 saturated heterocycles. The van der Waals surface area contributed by atoms with Gasteiger partial charge in [-0.3, -0.25) is 4.79 Å². The Kier molecular flexibility index (Phi) is 7.26. The molecule has 0 aromatic heterocycles. The maximum absolute atomic E-state index is 11.4. The van der Waals surface area contributed by atoms with Crippen molar-refractivity contribution < 1.29 is 14.3 Å². The first-order valence-electron chi connectivity index (χ1n) is 6.08. The van der Waals surface area contributed by atoms with Crippen LogP contribution in [0.25, 0.3) is 0 Å². The number of amides is 1. The molecular weight excluding hydrogens is 218 g/mol. The van der Waals surface area contributed by atoms with Gasteiger partial charge in [-0.05, 0) is 18.8 Å². The van der Waals surface area contributed by atoms with Crippen LogP contribution < -0.4 is 5.32 Å². The summed E-state index contributed by atoms with van der Waals surface area (Å²) in [5, 5.41) is 2.71. The quantitative estimate of drug-likeness (QED) is 0.573. The molecule has 0 aromatic carbocycles. The molecule has 0 bridgehead atoms. The smallest absolute Gasteiger partial charge is 0.332 e. The van der Waals surface area contributed by atoms with E-state index >= 15 is 0 Å². The van der Waals surface area contributed by atoms with Crippen molar-refractivity contribution in [3.8, 4) is 0 Å². The summed E-state index contributed by atoms with van der Waals surface area (Å²) >= 11 is 0. The minimum absolute atomic E-state index is 0.119. The van der Waals surface area contributed by atoms with Crippen molar-refractivity contribution in [1.29, 1.82) is 0 Å². The molecular formula is C13H23NO3. The summed E-state index contributed by atoms with van der Waals surface area (Å²) in [4.78, 5) is 22.5. The fourth-order valence-corrected chi connectivity index (χ4v) is 1.46. The van der Waals surface area contributed by atoms with Crippen molar-refractivity contribution in [2.24, 2.45) is 11.8 Å². The highest BCUT2D eigenvalue weighted by Crippen LogP contribution is 2.21. The molecule has 98 valence electrons. The first kappa shape index (κ1) is 15.7. The number of esters is 1. The summed E-state index contributed by atoms with van der Waals surface area (Å²) in [6, 6.07) is 0. The van der Waals surface area contributed by atoms with Crippen LogP contribution in [0, 0.1) is 11.8 Å². The van der Waals surface area contributed by atoms with E-state index in [1.807, 2.05) is 6.92 Å². The van der Waals surface area contributed by atoms with Crippen LogP contribution in [0.3, 0.4) is 0 Å². The van der Waals surface area contributed by atoms with Gasteiger partial charge in [0.2, 0.25) is 5.91 Å². The number of carbonyl (C=O) groups excluding carboxylic acids is 2. The van der Waals surface area contributed by atoms with Gasteiger partial charge in [0.1, 0.15) is 0 Å². The molecule has 0 spiro atoms. The van der Waals surface area contributed by atoms with Crippen LogP contribution in [0.5, 0.6) is 0 Å². The molecule has 0 saturated carbocycles. The molecule has 0 aliphatic rings. The second-order valence-electron chi connectivity index (χ2n) is 4.21. The van der Waals surface area contributed by atoms with Crippen molar-refractivity contribution >= 4 is 11.9 Å². The van der Waals surface area contributed by atoms with Gasteiger partial charge in [0.25, 0.3) is 0 Å². The van der Waals surface area contributed by atoms with E-state index in [0.29, 0.717) is 18.2 Å². The van der Waals surface area contributed by atoms with Crippen LogP contribution in [0.2, 0.25) is 0 Å². The Morgan fingerprint density at radius 2 is 1.88 bits per heavy atom. The number of hydrogen-bond acceptors (Lipinski definition) is 3. The fraction of sp³-hybridized carbons (Fsp3) is 0.692. The van der Waals surface area contributed by atoms with Crippen molar-refractivity contribution in [2.75, 3.05) is 6.61 Å². The third-order valence-corrected chi connectivity index (χ3v) is 2.87. The van der Waals surface area contributed by atoms with E-state index in [1.165, 1.54) is 13.0 Å². The summed E-state index contributed by atoms with van der Waals surface area (Å²) in [5.74, 6) is -0.0714. The van der Waals surface area contributed by atoms with Gasteiger partial charge in [0.15, 0.2) is 0 Å². The van der Waals surface area contributed by atoms with Crippen LogP contribution in [0.1, 0.15) is 41.0 Å². The topological polar surface area (TPSA) is 55.4 Å². The standard InChI is InChI=1S/C13H23NO3/c1-6-9(3)10(4)12(14-11(5)15)8-13(16)17-7-2/h8-10H,6-7H2,1-5H3,(H,14,15)/t9-,10-/m1/s1. The number of ether oxygens (including phenoxy) is 1. The summed E-state index contributed by atoms with van der Waals surface area (Å²) in [6.45, 7) is 9.68. The molecule has 1 N–H and O–H groups in total. The highest BCUT2D eigenvalue weighted by molar-refractivity contribution is 5.84. The monoisotopic (exact) mass is 241 g/mol. The Morgan fingerprint density at radius 1 is 1.29 bits per heavy atom. The van der Waals surface area contributed by atoms with Crippen molar-refractivity contribution in [1.82, 2.24) is 5.32 Å². The Balaban J connectivity index is 4.85. The first-order valence-corrected chi connectivity index (χ1v) is 6.08. The lowest BCUT2D eigenvalue weighted by Gasteiger charge is -2.21. The number of rotatable bonds is 6. The predicted molar refractivity (Wildman–Crippen MR) is 67.2 cm³/mol. The molecule has 0 unspecified atom stereocenters. The third-order valence-electron chi connectivity index (χ3n) is 2.87. The average molecular weight is 241 g/mol. The Morgan fingerprint density at radius 3 is 2.29 bits per heavy atom. The van der Waals surface area contributed by atoms with Crippen LogP contribution in [0.15, 0.2) is 11.8 Å². The molecule has 1 amide bonds. The van der Waals surface area contributed by atoms with Gasteiger partial charge < -0.3 is 10.1 Å². The zero-order valence-electron chi connectivity index (χ0n) is 11.4. The Hall–Kier alpha value is -1.32. The summed E-state index contributed by atoms with van der Waals surface area (Å²) in [7, 11) is 0. The second-order valence-corrected chi connectivity index (χ2v) is 4.21. The van der Waals surface area contributed by atoms with Crippen LogP contribution in [0.4, 0.5) is 0 Å². The van der Waals surface area contributed by atoms with Crippen molar-refractivity contribution in [3.05, 3.63) is 11.8 Å². The van der Waals surface area contributed by atoms with Gasteiger partial charge in [-0.15, -0.1) is 0 Å². The van der Waals surface area contributed by atoms with E-state index in [2.05, 4.69) is 19.2 Å². The fourth-order valence-electron chi connectivity index (χ4n) is 1.46. The molecule has 0 radical (unpaired) electrons. The van der Waals surface area contributed by atoms with Gasteiger partial charge in [-0.2, -0.15) is 0 Å². The zero-order valence-corrected chi connectivity index (χ0v) is 11.4. The van der Waals surface area contributed by atoms with Gasteiger partial charge in [-0.1, -0.05) is 27.2 Å². The van der Waals surface area contributed by atoms with Crippen LogP contribution >= 0.6 is 0 Å². The van der Waals surface area contributed by atoms with Crippen molar-refractivity contribution in [3.63, 3.8) is 0 Å². The summed E-state index contributed by atoms with van der Waals surface area (Å²) < 4.78 is 4.85. The number of allylic oxidation sites excluding steroid dienone is 1. The van der Waals surface area contributed by atoms with E-state index in [0.717, 1.165) is 6.42 Å². The zero-order chi connectivity index (χ0) is 13.4. The Labute approximate surface area is 103 Å². The lowest BCUT2D eigenvalue weighted by atomic mass is 9.90. The van der Waals surface area contributed by atoms with E-state index in [9.17, 15) is 9.59 Å². The number of carbonyl (C=O) groups is 2. The molecule has 4 nitrogen and oxygen atoms in total. The highest BCUT2D eigenvalue weighted by Gasteiger charge is 2.17. The van der Waals surface area contributed by atoms with Crippen molar-refractivity contribution in [2.45, 2.75) is 41.0 Å². The Bertz CT molecular complexity index is 297. The van der Waals surface area contributed by atoms with E-state index in [4.69, 9.17) is 4.74 Å². The second kappa shape index (κ2) is 7.87. The van der Waals surface area contributed by atoms with Gasteiger partial charge in [0.05, 0.1) is 6.61 Å². The minimum Gasteiger partial charge on any atom is -0.463 e. The molecule has 2 atom stereocenters. The van der Waals surface area contributed by atoms with Crippen LogP contribution in [-0.4, -0.2) is 18.5 Å². The normalized spacial score (nSPS) is 15.0. The number of nitrogens with one attached hydrogen (secondary N) is 1. The molecule has 0 heterocycles. The summed E-state index contributed by atoms with van der Waals surface area (Å²) in [5.41, 5.74) is 0.630. The third kappa shape index (κ3) is 6.09. The predicted octanol–water partition coefficient (Wildman–Crippen LogP) is 2.25. The van der Waals surface area contributed by atoms with Gasteiger partial charge >= 0.3 is 5.97 Å². The summed E-state index contributed by atoms with van der Waals surface area (Å²) in [6.07, 6.45) is 2.36. The first-order chi connectivity index (χ1) is 7.92. The van der Waals surface area contributed by atoms with E-state index in [1.54, 1.807) is 6.92 Å². The molecule has 0 rings (SSSR count). The van der Waals surface area contributed by atoms with E-state index in [-0.39, 0.29) is 11.8 Å². The van der Waals surface area contributed by atoms with Gasteiger partial charge in [0, 0.05) is 18.7 Å². The average Bonchev–Trinajstić information content (AvgIpc) is 2.25. The van der Waals surface area contributed by atoms with E-state index < -0.39 is 5.97 Å². The largest absolute Gasteiger partial charge is 0.463 e. The molecule has 0 aliphatic heterocycles. The molecule has 0 aromatic rings. The minimum atomic E-state index is -0.411. The molecule has 4 heteroatoms. The highest BCUT2D eigenvalue weighted by atomic mass is 16.5. The number of hydrogen-bond donors (Lipinski definition) is 1. The lowest BCUT2D eigenvalue weighted by molar-refractivity contribution is -0.137. The maximum Gasteiger partial charge on any atom is 0.332 e. The van der Waals surface area contributed by atoms with Gasteiger partial charge in [-0.25, -0.2) is 4.79 Å². The molecule has 17 heavy (non-hydrogen) atoms. The van der Waals surface area contributed by atoms with Crippen LogP contribution in [-0.2, 0) is 14.3 Å². The SMILES string of the molecule is CCOC(=O)C=C(NC(C)=O)[C@H](C)[C@H](C)CC. The lowest BCUT2D eigenvalue weighted by Crippen LogP contribution is -2.27.